The van der Waals surface area contributed by atoms with Crippen molar-refractivity contribution in [3.63, 3.8) is 0 Å². The van der Waals surface area contributed by atoms with Crippen LogP contribution in [-0.4, -0.2) is 28.9 Å². The van der Waals surface area contributed by atoms with Gasteiger partial charge in [-0.05, 0) is 35.0 Å². The molecule has 0 aliphatic rings. The zero-order chi connectivity index (χ0) is 15.5. The highest BCUT2D eigenvalue weighted by Gasteiger charge is 2.13. The van der Waals surface area contributed by atoms with Crippen LogP contribution in [0.2, 0.25) is 0 Å². The Morgan fingerprint density at radius 3 is 2.75 bits per heavy atom. The van der Waals surface area contributed by atoms with Gasteiger partial charge in [0, 0.05) is 36.4 Å². The van der Waals surface area contributed by atoms with Crippen LogP contribution in [0.15, 0.2) is 23.2 Å². The SMILES string of the molecule is CCO.NC(=NC=O)c1cc([N+](=O)[O-])ccc1NPI. The van der Waals surface area contributed by atoms with Gasteiger partial charge in [-0.1, -0.05) is 0 Å². The van der Waals surface area contributed by atoms with Crippen LogP contribution in [0.3, 0.4) is 0 Å². The number of nitrogens with zero attached hydrogens (tertiary/aromatic N) is 2. The first-order valence-electron chi connectivity index (χ1n) is 5.30. The molecule has 0 heterocycles. The van der Waals surface area contributed by atoms with Crippen molar-refractivity contribution in [2.45, 2.75) is 6.92 Å². The highest BCUT2D eigenvalue weighted by molar-refractivity contribution is 14.2. The molecule has 0 spiro atoms. The van der Waals surface area contributed by atoms with Gasteiger partial charge in [0.15, 0.2) is 0 Å². The van der Waals surface area contributed by atoms with E-state index in [4.69, 9.17) is 10.8 Å². The fourth-order valence-corrected chi connectivity index (χ4v) is 2.34. The molecule has 0 fully saturated rings. The predicted molar refractivity (Wildman–Crippen MR) is 88.6 cm³/mol. The van der Waals surface area contributed by atoms with Gasteiger partial charge >= 0.3 is 0 Å². The zero-order valence-corrected chi connectivity index (χ0v) is 13.7. The lowest BCUT2D eigenvalue weighted by Gasteiger charge is -2.08. The summed E-state index contributed by atoms with van der Waals surface area (Å²) in [6.07, 6.45) is 0.665. The van der Waals surface area contributed by atoms with Gasteiger partial charge in [0.2, 0.25) is 6.41 Å². The smallest absolute Gasteiger partial charge is 0.270 e. The molecule has 8 nitrogen and oxygen atoms in total. The van der Waals surface area contributed by atoms with E-state index in [1.54, 1.807) is 6.92 Å². The Labute approximate surface area is 130 Å². The molecular formula is C10H14IN4O4P. The third-order valence-electron chi connectivity index (χ3n) is 1.86. The quantitative estimate of drug-likeness (QED) is 0.129. The zero-order valence-electron chi connectivity index (χ0n) is 10.5. The van der Waals surface area contributed by atoms with Gasteiger partial charge in [-0.3, -0.25) is 14.9 Å². The molecule has 1 aromatic rings. The molecule has 10 heteroatoms. The molecule has 0 saturated heterocycles. The molecule has 1 rings (SSSR count). The number of nitrogens with one attached hydrogen (secondary N) is 1. The summed E-state index contributed by atoms with van der Waals surface area (Å²) in [6, 6.07) is 4.17. The molecule has 0 aliphatic carbocycles. The average Bonchev–Trinajstić information content (AvgIpc) is 2.40. The van der Waals surface area contributed by atoms with Crippen molar-refractivity contribution in [1.82, 2.24) is 0 Å². The number of non-ortho nitro benzene ring substituents is 1. The number of amidine groups is 1. The third kappa shape index (κ3) is 6.22. The first kappa shape index (κ1) is 18.7. The van der Waals surface area contributed by atoms with Gasteiger partial charge in [-0.15, -0.1) is 0 Å². The Hall–Kier alpha value is -1.32. The van der Waals surface area contributed by atoms with Crippen molar-refractivity contribution < 1.29 is 14.8 Å². The summed E-state index contributed by atoms with van der Waals surface area (Å²) < 4.78 is 0. The van der Waals surface area contributed by atoms with E-state index in [-0.39, 0.29) is 18.1 Å². The molecule has 4 N–H and O–H groups in total. The van der Waals surface area contributed by atoms with Gasteiger partial charge in [-0.25, -0.2) is 0 Å². The number of rotatable bonds is 5. The number of halogens is 1. The van der Waals surface area contributed by atoms with Gasteiger partial charge in [0.25, 0.3) is 5.69 Å². The molecule has 0 radical (unpaired) electrons. The number of aliphatic hydroxyl groups excluding tert-OH is 1. The number of nitrogens with two attached hydrogens (primary N) is 1. The van der Waals surface area contributed by atoms with E-state index in [1.807, 2.05) is 0 Å². The summed E-state index contributed by atoms with van der Waals surface area (Å²) in [6.45, 7) is 1.93. The molecule has 1 unspecified atom stereocenters. The van der Waals surface area contributed by atoms with E-state index in [2.05, 4.69) is 32.1 Å². The minimum atomic E-state index is -0.534. The van der Waals surface area contributed by atoms with Crippen LogP contribution in [0, 0.1) is 10.1 Å². The van der Waals surface area contributed by atoms with Crippen molar-refractivity contribution in [1.29, 1.82) is 0 Å². The van der Waals surface area contributed by atoms with Crippen molar-refractivity contribution in [3.8, 4) is 0 Å². The predicted octanol–water partition coefficient (Wildman–Crippen LogP) is 1.81. The molecule has 0 saturated carbocycles. The van der Waals surface area contributed by atoms with E-state index >= 15 is 0 Å². The minimum absolute atomic E-state index is 0.0548. The Bertz CT molecular complexity index is 498. The second-order valence-corrected chi connectivity index (χ2v) is 5.20. The van der Waals surface area contributed by atoms with Crippen LogP contribution in [0.25, 0.3) is 0 Å². The van der Waals surface area contributed by atoms with Crippen LogP contribution >= 0.6 is 28.4 Å². The van der Waals surface area contributed by atoms with E-state index in [1.165, 1.54) is 18.2 Å². The van der Waals surface area contributed by atoms with E-state index in [0.29, 0.717) is 24.0 Å². The van der Waals surface area contributed by atoms with Crippen molar-refractivity contribution >= 4 is 52.0 Å². The third-order valence-corrected chi connectivity index (χ3v) is 3.04. The maximum atomic E-state index is 10.6. The summed E-state index contributed by atoms with van der Waals surface area (Å²) in [5.41, 5.74) is 6.40. The van der Waals surface area contributed by atoms with Gasteiger partial charge in [0.05, 0.1) is 4.92 Å². The number of carbonyl (C=O) groups excluding carboxylic acids is 1. The highest BCUT2D eigenvalue weighted by Crippen LogP contribution is 2.29. The van der Waals surface area contributed by atoms with Crippen molar-refractivity contribution in [3.05, 3.63) is 33.9 Å². The number of nitro benzene ring substituents is 1. The number of aliphatic hydroxyl groups is 1. The fourth-order valence-electron chi connectivity index (χ4n) is 1.14. The van der Waals surface area contributed by atoms with Crippen LogP contribution in [0.4, 0.5) is 11.4 Å². The van der Waals surface area contributed by atoms with Gasteiger partial charge < -0.3 is 15.9 Å². The monoisotopic (exact) mass is 412 g/mol. The van der Waals surface area contributed by atoms with Gasteiger partial charge in [0.1, 0.15) is 5.84 Å². The molecule has 0 aromatic heterocycles. The van der Waals surface area contributed by atoms with E-state index < -0.39 is 4.92 Å². The topological polar surface area (TPSA) is 131 Å². The summed E-state index contributed by atoms with van der Waals surface area (Å²) in [5, 5.41) is 21.2. The van der Waals surface area contributed by atoms with Crippen LogP contribution in [-0.2, 0) is 4.79 Å². The van der Waals surface area contributed by atoms with E-state index in [0.717, 1.165) is 0 Å². The number of hydrogen-bond acceptors (Lipinski definition) is 5. The normalized spacial score (nSPS) is 10.8. The number of anilines is 1. The Balaban J connectivity index is 0.00000110. The molecule has 20 heavy (non-hydrogen) atoms. The average molecular weight is 412 g/mol. The summed E-state index contributed by atoms with van der Waals surface area (Å²) in [5.74, 6) is -0.0548. The minimum Gasteiger partial charge on any atom is -0.397 e. The van der Waals surface area contributed by atoms with Crippen molar-refractivity contribution in [2.24, 2.45) is 10.7 Å². The van der Waals surface area contributed by atoms with Gasteiger partial charge in [-0.2, -0.15) is 4.99 Å². The molecule has 110 valence electrons. The second kappa shape index (κ2) is 10.5. The maximum absolute atomic E-state index is 10.6. The number of nitro groups is 1. The summed E-state index contributed by atoms with van der Waals surface area (Å²) in [7, 11) is 0. The number of carbonyl (C=O) groups is 1. The van der Waals surface area contributed by atoms with Crippen LogP contribution in [0.1, 0.15) is 12.5 Å². The molecule has 1 amide bonds. The molecule has 0 bridgehead atoms. The Kier molecular flexibility index (Phi) is 9.77. The standard InChI is InChI=1S/C8H8IN4O3P.C2H6O/c9-17-12-7-2-1-5(13(15)16)3-6(7)8(10)11-4-14;1-2-3/h1-4,12,17H,(H2,10,11,14);3H,2H2,1H3. The second-order valence-electron chi connectivity index (χ2n) is 3.14. The maximum Gasteiger partial charge on any atom is 0.270 e. The molecular weight excluding hydrogens is 398 g/mol. The van der Waals surface area contributed by atoms with E-state index in [9.17, 15) is 14.9 Å². The molecule has 1 aromatic carbocycles. The first-order chi connectivity index (χ1) is 9.51. The molecule has 1 atom stereocenters. The van der Waals surface area contributed by atoms with Crippen LogP contribution < -0.4 is 10.8 Å². The Morgan fingerprint density at radius 1 is 1.70 bits per heavy atom. The Morgan fingerprint density at radius 2 is 2.30 bits per heavy atom. The fraction of sp³-hybridized carbons (Fsp3) is 0.200. The molecule has 0 aliphatic heterocycles. The highest BCUT2D eigenvalue weighted by atomic mass is 127. The summed E-state index contributed by atoms with van der Waals surface area (Å²) in [4.78, 5) is 23.7. The lowest BCUT2D eigenvalue weighted by molar-refractivity contribution is -0.384. The number of benzene rings is 1. The summed E-state index contributed by atoms with van der Waals surface area (Å²) >= 11 is 2.11. The number of aliphatic imine (C=N–C) groups is 1. The number of amides is 1. The van der Waals surface area contributed by atoms with Crippen molar-refractivity contribution in [2.75, 3.05) is 11.7 Å². The lowest BCUT2D eigenvalue weighted by Crippen LogP contribution is -2.15. The van der Waals surface area contributed by atoms with Crippen LogP contribution in [0.5, 0.6) is 0 Å². The number of hydrogen-bond donors (Lipinski definition) is 3. The lowest BCUT2D eigenvalue weighted by atomic mass is 10.1. The largest absolute Gasteiger partial charge is 0.397 e. The first-order valence-corrected chi connectivity index (χ1v) is 9.41.